The zero-order valence-corrected chi connectivity index (χ0v) is 20.1. The van der Waals surface area contributed by atoms with Crippen molar-refractivity contribution in [3.05, 3.63) is 58.3 Å². The number of anilines is 1. The molecule has 3 aromatic rings. The number of esters is 1. The van der Waals surface area contributed by atoms with Crippen LogP contribution in [0.4, 0.5) is 5.69 Å². The quantitative estimate of drug-likeness (QED) is 0.164. The maximum Gasteiger partial charge on any atom is 0.330 e. The highest BCUT2D eigenvalue weighted by atomic mass is 35.5. The number of rotatable bonds is 9. The average Bonchev–Trinajstić information content (AvgIpc) is 3.21. The number of nitrogens with two attached hydrogens (primary N) is 1. The molecule has 13 heteroatoms. The van der Waals surface area contributed by atoms with E-state index in [2.05, 4.69) is 20.9 Å². The lowest BCUT2D eigenvalue weighted by molar-refractivity contribution is -0.142. The molecule has 0 saturated carbocycles. The van der Waals surface area contributed by atoms with E-state index in [4.69, 9.17) is 39.1 Å². The molecule has 0 spiro atoms. The van der Waals surface area contributed by atoms with Gasteiger partial charge in [-0.1, -0.05) is 29.3 Å². The summed E-state index contributed by atoms with van der Waals surface area (Å²) in [6, 6.07) is 8.70. The fraction of sp³-hybridized carbons (Fsp3) is 0.227. The van der Waals surface area contributed by atoms with Crippen molar-refractivity contribution in [2.24, 2.45) is 5.73 Å². The Kier molecular flexibility index (Phi) is 8.50. The van der Waals surface area contributed by atoms with Gasteiger partial charge in [-0.25, -0.2) is 9.78 Å². The lowest BCUT2D eigenvalue weighted by atomic mass is 10.2. The summed E-state index contributed by atoms with van der Waals surface area (Å²) in [5, 5.41) is 15.4. The van der Waals surface area contributed by atoms with Gasteiger partial charge in [0.25, 0.3) is 5.91 Å². The van der Waals surface area contributed by atoms with Gasteiger partial charge in [-0.3, -0.25) is 15.0 Å². The molecule has 6 N–H and O–H groups in total. The summed E-state index contributed by atoms with van der Waals surface area (Å²) in [7, 11) is 1.17. The molecule has 1 heterocycles. The molecular weight excluding hydrogens is 497 g/mol. The molecule has 0 unspecified atom stereocenters. The minimum atomic E-state index is -1.15. The number of imidazole rings is 1. The zero-order valence-electron chi connectivity index (χ0n) is 18.6. The van der Waals surface area contributed by atoms with Gasteiger partial charge in [0.05, 0.1) is 40.1 Å². The first-order valence-corrected chi connectivity index (χ1v) is 11.1. The van der Waals surface area contributed by atoms with Crippen LogP contribution in [0.25, 0.3) is 11.0 Å². The Balaban J connectivity index is 1.61. The van der Waals surface area contributed by atoms with Crippen LogP contribution in [0.1, 0.15) is 16.8 Å². The van der Waals surface area contributed by atoms with Crippen molar-refractivity contribution < 1.29 is 19.1 Å². The van der Waals surface area contributed by atoms with E-state index in [0.29, 0.717) is 17.7 Å². The van der Waals surface area contributed by atoms with Crippen LogP contribution in [0.3, 0.4) is 0 Å². The Morgan fingerprint density at radius 1 is 1.20 bits per heavy atom. The third kappa shape index (κ3) is 6.61. The molecule has 0 aliphatic rings. The summed E-state index contributed by atoms with van der Waals surface area (Å²) in [4.78, 5) is 41.5. The number of nitrogens with one attached hydrogen (secondary N) is 4. The molecule has 1 aromatic heterocycles. The first-order valence-electron chi connectivity index (χ1n) is 10.3. The van der Waals surface area contributed by atoms with Crippen LogP contribution >= 0.6 is 23.2 Å². The second-order valence-electron chi connectivity index (χ2n) is 7.38. The molecule has 0 bridgehead atoms. The molecule has 3 rings (SSSR count). The number of carbonyl (C=O) groups excluding carboxylic acids is 3. The van der Waals surface area contributed by atoms with Crippen LogP contribution in [-0.2, 0) is 20.9 Å². The van der Waals surface area contributed by atoms with Gasteiger partial charge in [0, 0.05) is 25.2 Å². The van der Waals surface area contributed by atoms with Gasteiger partial charge in [-0.2, -0.15) is 0 Å². The standard InChI is InChI=1S/C22H23Cl2N7O4/c1-35-21(34)16(30-20(33)19-13(23)3-2-4-14(19)24)10-27-18(32)7-8-31-11-28-15-6-5-12(9-17(15)31)29-22(25)26/h2-6,9,11,16H,7-8,10H2,1H3,(H,27,32)(H,30,33)(H4,25,26,29)/t16-/m0/s1. The summed E-state index contributed by atoms with van der Waals surface area (Å²) in [5.41, 5.74) is 7.47. The fourth-order valence-electron chi connectivity index (χ4n) is 3.28. The van der Waals surface area contributed by atoms with E-state index in [1.54, 1.807) is 35.2 Å². The van der Waals surface area contributed by atoms with Crippen LogP contribution in [0.15, 0.2) is 42.7 Å². The number of carbonyl (C=O) groups is 3. The Bertz CT molecular complexity index is 1260. The molecule has 0 aliphatic heterocycles. The highest BCUT2D eigenvalue weighted by Gasteiger charge is 2.25. The SMILES string of the molecule is COC(=O)[C@H](CNC(=O)CCn1cnc2ccc(NC(=N)N)cc21)NC(=O)c1c(Cl)cccc1Cl. The number of guanidine groups is 1. The number of hydrogen-bond acceptors (Lipinski definition) is 6. The van der Waals surface area contributed by atoms with Crippen molar-refractivity contribution in [3.63, 3.8) is 0 Å². The summed E-state index contributed by atoms with van der Waals surface area (Å²) in [6.07, 6.45) is 1.67. The normalized spacial score (nSPS) is 11.5. The lowest BCUT2D eigenvalue weighted by Gasteiger charge is -2.18. The van der Waals surface area contributed by atoms with Gasteiger partial charge in [-0.05, 0) is 30.3 Å². The van der Waals surface area contributed by atoms with Crippen molar-refractivity contribution in [2.45, 2.75) is 19.0 Å². The predicted molar refractivity (Wildman–Crippen MR) is 133 cm³/mol. The smallest absolute Gasteiger partial charge is 0.330 e. The topological polar surface area (TPSA) is 164 Å². The number of ether oxygens (including phenoxy) is 1. The highest BCUT2D eigenvalue weighted by Crippen LogP contribution is 2.24. The number of halogens is 2. The Labute approximate surface area is 210 Å². The number of fused-ring (bicyclic) bond motifs is 1. The van der Waals surface area contributed by atoms with E-state index in [0.717, 1.165) is 5.52 Å². The van der Waals surface area contributed by atoms with Crippen LogP contribution in [0.2, 0.25) is 10.0 Å². The third-order valence-electron chi connectivity index (χ3n) is 4.96. The van der Waals surface area contributed by atoms with Crippen molar-refractivity contribution >= 4 is 63.7 Å². The highest BCUT2D eigenvalue weighted by molar-refractivity contribution is 6.39. The van der Waals surface area contributed by atoms with E-state index < -0.39 is 17.9 Å². The maximum atomic E-state index is 12.6. The summed E-state index contributed by atoms with van der Waals surface area (Å²) in [6.45, 7) is 0.104. The summed E-state index contributed by atoms with van der Waals surface area (Å²) >= 11 is 12.1. The van der Waals surface area contributed by atoms with E-state index >= 15 is 0 Å². The second-order valence-corrected chi connectivity index (χ2v) is 8.19. The maximum absolute atomic E-state index is 12.6. The van der Waals surface area contributed by atoms with Gasteiger partial charge in [0.1, 0.15) is 6.04 Å². The predicted octanol–water partition coefficient (Wildman–Crippen LogP) is 2.13. The van der Waals surface area contributed by atoms with E-state index in [1.165, 1.54) is 19.2 Å². The molecule has 2 amide bonds. The number of benzene rings is 2. The van der Waals surface area contributed by atoms with Crippen molar-refractivity contribution in [3.8, 4) is 0 Å². The van der Waals surface area contributed by atoms with Crippen molar-refractivity contribution in [1.29, 1.82) is 5.41 Å². The monoisotopic (exact) mass is 519 g/mol. The average molecular weight is 520 g/mol. The van der Waals surface area contributed by atoms with Gasteiger partial charge in [-0.15, -0.1) is 0 Å². The number of nitrogens with zero attached hydrogens (tertiary/aromatic N) is 2. The zero-order chi connectivity index (χ0) is 25.5. The number of aryl methyl sites for hydroxylation is 1. The Morgan fingerprint density at radius 3 is 2.57 bits per heavy atom. The van der Waals surface area contributed by atoms with Crippen LogP contribution in [-0.4, -0.2) is 53.0 Å². The van der Waals surface area contributed by atoms with E-state index in [-0.39, 0.29) is 40.4 Å². The second kappa shape index (κ2) is 11.5. The number of hydrogen-bond donors (Lipinski definition) is 5. The van der Waals surface area contributed by atoms with E-state index in [9.17, 15) is 14.4 Å². The van der Waals surface area contributed by atoms with Crippen LogP contribution in [0.5, 0.6) is 0 Å². The van der Waals surface area contributed by atoms with Gasteiger partial charge < -0.3 is 31.0 Å². The Morgan fingerprint density at radius 2 is 1.91 bits per heavy atom. The molecule has 2 aromatic carbocycles. The molecular formula is C22H23Cl2N7O4. The van der Waals surface area contributed by atoms with Crippen LogP contribution in [0, 0.1) is 5.41 Å². The molecule has 1 atom stereocenters. The molecule has 0 saturated heterocycles. The van der Waals surface area contributed by atoms with Crippen molar-refractivity contribution in [1.82, 2.24) is 20.2 Å². The Hall–Kier alpha value is -3.83. The number of aromatic nitrogens is 2. The molecule has 0 radical (unpaired) electrons. The molecule has 0 fully saturated rings. The largest absolute Gasteiger partial charge is 0.467 e. The minimum absolute atomic E-state index is 0.0154. The lowest BCUT2D eigenvalue weighted by Crippen LogP contribution is -2.49. The number of amides is 2. The number of methoxy groups -OCH3 is 1. The van der Waals surface area contributed by atoms with Gasteiger partial charge in [0.15, 0.2) is 5.96 Å². The molecule has 11 nitrogen and oxygen atoms in total. The van der Waals surface area contributed by atoms with Crippen LogP contribution < -0.4 is 21.7 Å². The van der Waals surface area contributed by atoms with E-state index in [1.807, 2.05) is 0 Å². The van der Waals surface area contributed by atoms with Gasteiger partial charge >= 0.3 is 5.97 Å². The van der Waals surface area contributed by atoms with Crippen molar-refractivity contribution in [2.75, 3.05) is 19.0 Å². The van der Waals surface area contributed by atoms with Gasteiger partial charge in [0.2, 0.25) is 5.91 Å². The minimum Gasteiger partial charge on any atom is -0.467 e. The molecule has 0 aliphatic carbocycles. The first-order chi connectivity index (χ1) is 16.7. The summed E-state index contributed by atoms with van der Waals surface area (Å²) < 4.78 is 6.51. The molecule has 35 heavy (non-hydrogen) atoms. The first kappa shape index (κ1) is 25.8. The third-order valence-corrected chi connectivity index (χ3v) is 5.59. The summed E-state index contributed by atoms with van der Waals surface area (Å²) in [5.74, 6) is -1.97. The molecule has 184 valence electrons. The fourth-order valence-corrected chi connectivity index (χ4v) is 3.84.